The van der Waals surface area contributed by atoms with E-state index in [9.17, 15) is 14.4 Å². The van der Waals surface area contributed by atoms with Crippen molar-refractivity contribution in [2.24, 2.45) is 0 Å². The normalized spacial score (nSPS) is 21.7. The number of carbonyl (C=O) groups excluding carboxylic acids is 3. The molecule has 1 unspecified atom stereocenters. The van der Waals surface area contributed by atoms with E-state index in [4.69, 9.17) is 18.9 Å². The number of fused-ring (bicyclic) bond motifs is 1. The summed E-state index contributed by atoms with van der Waals surface area (Å²) in [7, 11) is 1.35. The molecule has 2 aliphatic heterocycles. The molecule has 0 N–H and O–H groups in total. The van der Waals surface area contributed by atoms with Crippen LogP contribution in [-0.4, -0.2) is 43.2 Å². The Bertz CT molecular complexity index is 757. The molecule has 1 amide bonds. The molecular weight excluding hydrogens is 318 g/mol. The van der Waals surface area contributed by atoms with Crippen molar-refractivity contribution in [2.45, 2.75) is 12.6 Å². The number of carbonyl (C=O) groups is 3. The average molecular weight is 333 g/mol. The van der Waals surface area contributed by atoms with Crippen LogP contribution in [0.3, 0.4) is 0 Å². The molecule has 24 heavy (non-hydrogen) atoms. The number of hydrogen-bond donors (Lipinski definition) is 0. The minimum atomic E-state index is -1.79. The minimum Gasteiger partial charge on any atom is -0.462 e. The lowest BCUT2D eigenvalue weighted by Crippen LogP contribution is -2.45. The molecule has 8 heteroatoms. The lowest BCUT2D eigenvalue weighted by Gasteiger charge is -2.34. The molecule has 0 radical (unpaired) electrons. The molecule has 0 saturated carbocycles. The zero-order valence-electron chi connectivity index (χ0n) is 13.2. The van der Waals surface area contributed by atoms with E-state index in [1.165, 1.54) is 13.1 Å². The van der Waals surface area contributed by atoms with Gasteiger partial charge >= 0.3 is 17.8 Å². The van der Waals surface area contributed by atoms with Crippen LogP contribution < -0.4 is 9.47 Å². The molecule has 1 aromatic carbocycles. The van der Waals surface area contributed by atoms with Crippen LogP contribution in [0.1, 0.15) is 12.5 Å². The Kier molecular flexibility index (Phi) is 3.67. The number of nitrogens with zero attached hydrogens (tertiary/aromatic N) is 1. The van der Waals surface area contributed by atoms with Crippen LogP contribution >= 0.6 is 0 Å². The van der Waals surface area contributed by atoms with E-state index in [0.29, 0.717) is 17.1 Å². The fraction of sp³-hybridized carbons (Fsp3) is 0.312. The van der Waals surface area contributed by atoms with Crippen molar-refractivity contribution in [3.05, 3.63) is 35.9 Å². The van der Waals surface area contributed by atoms with Crippen molar-refractivity contribution in [3.8, 4) is 11.5 Å². The van der Waals surface area contributed by atoms with Crippen LogP contribution in [0.5, 0.6) is 11.5 Å². The molecule has 0 aromatic heterocycles. The summed E-state index contributed by atoms with van der Waals surface area (Å²) in [6.45, 7) is 5.50. The highest BCUT2D eigenvalue weighted by Crippen LogP contribution is 2.44. The molecule has 1 aromatic rings. The first kappa shape index (κ1) is 15.9. The number of cyclic esters (lactones) is 1. The second-order valence-electron chi connectivity index (χ2n) is 5.16. The lowest BCUT2D eigenvalue weighted by molar-refractivity contribution is -0.155. The number of ether oxygens (including phenoxy) is 4. The molecule has 1 atom stereocenters. The molecule has 2 heterocycles. The van der Waals surface area contributed by atoms with Crippen molar-refractivity contribution < 1.29 is 33.3 Å². The Morgan fingerprint density at radius 2 is 2.04 bits per heavy atom. The maximum absolute atomic E-state index is 12.2. The van der Waals surface area contributed by atoms with Gasteiger partial charge in [-0.15, -0.1) is 0 Å². The van der Waals surface area contributed by atoms with Crippen LogP contribution in [-0.2, 0) is 29.6 Å². The van der Waals surface area contributed by atoms with Gasteiger partial charge in [-0.3, -0.25) is 9.69 Å². The molecule has 0 bridgehead atoms. The second kappa shape index (κ2) is 5.55. The van der Waals surface area contributed by atoms with Crippen LogP contribution in [0.4, 0.5) is 0 Å². The third-order valence-electron chi connectivity index (χ3n) is 3.89. The van der Waals surface area contributed by atoms with Gasteiger partial charge in [0, 0.05) is 12.6 Å². The quantitative estimate of drug-likeness (QED) is 0.455. The highest BCUT2D eigenvalue weighted by molar-refractivity contribution is 6.34. The van der Waals surface area contributed by atoms with Gasteiger partial charge in [0.1, 0.15) is 0 Å². The highest BCUT2D eigenvalue weighted by Gasteiger charge is 2.56. The number of amides is 1. The summed E-state index contributed by atoms with van der Waals surface area (Å²) in [4.78, 5) is 37.1. The Labute approximate surface area is 137 Å². The van der Waals surface area contributed by atoms with Gasteiger partial charge in [0.05, 0.1) is 12.2 Å². The van der Waals surface area contributed by atoms with Gasteiger partial charge in [0.25, 0.3) is 0 Å². The van der Waals surface area contributed by atoms with E-state index in [1.807, 2.05) is 0 Å². The van der Waals surface area contributed by atoms with Crippen molar-refractivity contribution >= 4 is 17.8 Å². The predicted octanol–water partition coefficient (Wildman–Crippen LogP) is 0.703. The Morgan fingerprint density at radius 1 is 1.33 bits per heavy atom. The van der Waals surface area contributed by atoms with Gasteiger partial charge in [0.15, 0.2) is 11.5 Å². The van der Waals surface area contributed by atoms with E-state index < -0.39 is 23.6 Å². The molecule has 1 fully saturated rings. The van der Waals surface area contributed by atoms with Crippen molar-refractivity contribution in [1.82, 2.24) is 4.90 Å². The van der Waals surface area contributed by atoms with Crippen LogP contribution in [0.25, 0.3) is 0 Å². The fourth-order valence-corrected chi connectivity index (χ4v) is 2.68. The van der Waals surface area contributed by atoms with E-state index in [0.717, 1.165) is 4.90 Å². The van der Waals surface area contributed by atoms with E-state index >= 15 is 0 Å². The number of benzene rings is 1. The molecule has 1 saturated heterocycles. The summed E-state index contributed by atoms with van der Waals surface area (Å²) >= 11 is 0. The van der Waals surface area contributed by atoms with Gasteiger partial charge in [-0.25, -0.2) is 9.59 Å². The summed E-state index contributed by atoms with van der Waals surface area (Å²) in [6, 6.07) is 4.71. The van der Waals surface area contributed by atoms with Crippen molar-refractivity contribution in [2.75, 3.05) is 20.4 Å². The molecule has 126 valence electrons. The smallest absolute Gasteiger partial charge is 0.399 e. The van der Waals surface area contributed by atoms with Gasteiger partial charge in [0.2, 0.25) is 12.5 Å². The summed E-state index contributed by atoms with van der Waals surface area (Å²) in [5.41, 5.74) is -1.65. The zero-order valence-corrected chi connectivity index (χ0v) is 13.2. The summed E-state index contributed by atoms with van der Waals surface area (Å²) in [6.07, 6.45) is 0. The monoisotopic (exact) mass is 333 g/mol. The van der Waals surface area contributed by atoms with Gasteiger partial charge in [-0.2, -0.15) is 0 Å². The summed E-state index contributed by atoms with van der Waals surface area (Å²) in [5.74, 6) is -1.83. The average Bonchev–Trinajstić information content (AvgIpc) is 3.13. The molecule has 2 aliphatic rings. The van der Waals surface area contributed by atoms with Crippen molar-refractivity contribution in [3.63, 3.8) is 0 Å². The number of hydrogen-bond acceptors (Lipinski definition) is 7. The highest BCUT2D eigenvalue weighted by atomic mass is 16.7. The second-order valence-corrected chi connectivity index (χ2v) is 5.16. The zero-order chi connectivity index (χ0) is 17.5. The molecule has 0 aliphatic carbocycles. The maximum Gasteiger partial charge on any atom is 0.399 e. The first-order valence-electron chi connectivity index (χ1n) is 7.19. The standard InChI is InChI=1S/C16H15NO7/c1-4-21-14(19)9(2)16(17(3)13(18)15(20)24-16)10-5-6-11-12(7-10)23-8-22-11/h5-7H,2,4,8H2,1,3H3. The minimum absolute atomic E-state index is 0.0547. The van der Waals surface area contributed by atoms with Crippen molar-refractivity contribution in [1.29, 1.82) is 0 Å². The number of esters is 2. The predicted molar refractivity (Wildman–Crippen MR) is 78.9 cm³/mol. The van der Waals surface area contributed by atoms with Crippen LogP contribution in [0.15, 0.2) is 30.4 Å². The van der Waals surface area contributed by atoms with Gasteiger partial charge < -0.3 is 18.9 Å². The molecule has 8 nitrogen and oxygen atoms in total. The number of likely N-dealkylation sites (N-methyl/N-ethyl adjacent to an activating group) is 1. The van der Waals surface area contributed by atoms with Gasteiger partial charge in [-0.05, 0) is 25.1 Å². The largest absolute Gasteiger partial charge is 0.462 e. The third-order valence-corrected chi connectivity index (χ3v) is 3.89. The van der Waals surface area contributed by atoms with E-state index in [-0.39, 0.29) is 19.0 Å². The summed E-state index contributed by atoms with van der Waals surface area (Å²) in [5, 5.41) is 0. The van der Waals surface area contributed by atoms with Crippen LogP contribution in [0, 0.1) is 0 Å². The summed E-state index contributed by atoms with van der Waals surface area (Å²) < 4.78 is 20.8. The topological polar surface area (TPSA) is 91.4 Å². The molecular formula is C16H15NO7. The van der Waals surface area contributed by atoms with E-state index in [2.05, 4.69) is 6.58 Å². The maximum atomic E-state index is 12.2. The lowest BCUT2D eigenvalue weighted by atomic mass is 9.93. The first-order valence-corrected chi connectivity index (χ1v) is 7.19. The Balaban J connectivity index is 2.13. The third kappa shape index (κ3) is 2.10. The number of rotatable bonds is 4. The van der Waals surface area contributed by atoms with Gasteiger partial charge in [-0.1, -0.05) is 6.58 Å². The van der Waals surface area contributed by atoms with E-state index in [1.54, 1.807) is 19.1 Å². The van der Waals surface area contributed by atoms with Crippen LogP contribution in [0.2, 0.25) is 0 Å². The fourth-order valence-electron chi connectivity index (χ4n) is 2.68. The Hall–Kier alpha value is -3.03. The Morgan fingerprint density at radius 3 is 2.67 bits per heavy atom. The molecule has 0 spiro atoms. The first-order chi connectivity index (χ1) is 11.4. The SMILES string of the molecule is C=C(C(=O)OCC)C1(c2ccc3c(c2)OCO3)OC(=O)C(=O)N1C. The molecule has 3 rings (SSSR count).